The molecule has 0 unspecified atom stereocenters. The topological polar surface area (TPSA) is 81.3 Å². The van der Waals surface area contributed by atoms with Gasteiger partial charge in [0.05, 0.1) is 11.9 Å². The summed E-state index contributed by atoms with van der Waals surface area (Å²) in [6, 6.07) is 17.8. The van der Waals surface area contributed by atoms with E-state index in [1.54, 1.807) is 0 Å². The summed E-state index contributed by atoms with van der Waals surface area (Å²) < 4.78 is 5.91. The smallest absolute Gasteiger partial charge is 0.286 e. The van der Waals surface area contributed by atoms with Crippen molar-refractivity contribution in [1.82, 2.24) is 14.9 Å². The normalized spacial score (nSPS) is 13.8. The highest BCUT2D eigenvalue weighted by Crippen LogP contribution is 2.24. The van der Waals surface area contributed by atoms with Crippen LogP contribution in [0.5, 0.6) is 11.5 Å². The highest BCUT2D eigenvalue weighted by molar-refractivity contribution is 5.88. The molecular formula is C21H19N4O2. The van der Waals surface area contributed by atoms with Crippen LogP contribution < -0.4 is 10.5 Å². The first kappa shape index (κ1) is 17.2. The van der Waals surface area contributed by atoms with Crippen LogP contribution in [-0.2, 0) is 19.5 Å². The van der Waals surface area contributed by atoms with Crippen molar-refractivity contribution in [3.8, 4) is 11.5 Å². The maximum absolute atomic E-state index is 11.3. The molecule has 6 heteroatoms. The fourth-order valence-corrected chi connectivity index (χ4v) is 3.13. The molecule has 0 saturated heterocycles. The third kappa shape index (κ3) is 4.12. The number of benzene rings is 2. The first-order valence-electron chi connectivity index (χ1n) is 8.79. The summed E-state index contributed by atoms with van der Waals surface area (Å²) in [6.45, 7) is 2.28. The molecular weight excluding hydrogens is 340 g/mol. The summed E-state index contributed by atoms with van der Waals surface area (Å²) >= 11 is 0. The van der Waals surface area contributed by atoms with Crippen LogP contribution in [0.25, 0.3) is 0 Å². The number of hydrogen-bond donors (Lipinski definition) is 1. The van der Waals surface area contributed by atoms with Crippen LogP contribution >= 0.6 is 0 Å². The highest BCUT2D eigenvalue weighted by atomic mass is 16.5. The molecule has 1 amide bonds. The van der Waals surface area contributed by atoms with E-state index in [1.807, 2.05) is 48.5 Å². The molecule has 135 valence electrons. The number of amides is 1. The van der Waals surface area contributed by atoms with Crippen molar-refractivity contribution in [3.63, 3.8) is 0 Å². The summed E-state index contributed by atoms with van der Waals surface area (Å²) in [4.78, 5) is 21.8. The van der Waals surface area contributed by atoms with Gasteiger partial charge in [0.2, 0.25) is 5.82 Å². The second-order valence-electron chi connectivity index (χ2n) is 6.47. The fourth-order valence-electron chi connectivity index (χ4n) is 3.13. The number of nitrogens with two attached hydrogens (primary N) is 1. The fraction of sp³-hybridized carbons (Fsp3) is 0.190. The Hall–Kier alpha value is -3.25. The van der Waals surface area contributed by atoms with Crippen LogP contribution in [0.3, 0.4) is 0 Å². The van der Waals surface area contributed by atoms with E-state index in [0.717, 1.165) is 47.8 Å². The Morgan fingerprint density at radius 2 is 1.96 bits per heavy atom. The number of ether oxygens (including phenoxy) is 1. The minimum Gasteiger partial charge on any atom is -0.457 e. The van der Waals surface area contributed by atoms with Gasteiger partial charge in [0.25, 0.3) is 5.91 Å². The summed E-state index contributed by atoms with van der Waals surface area (Å²) in [5.74, 6) is 1.02. The van der Waals surface area contributed by atoms with E-state index in [4.69, 9.17) is 10.5 Å². The molecule has 1 aliphatic rings. The lowest BCUT2D eigenvalue weighted by molar-refractivity contribution is 0.0989. The molecule has 2 aromatic carbocycles. The standard InChI is InChI=1S/C21H19N4O2/c22-20(26)21-23-12-16-9-10-25(14-19(16)24-21)13-15-5-4-8-18(11-15)27-17-6-2-1-3-7-17/h1-8,11H,9-10,13-14H2,(H2,22,26). The number of rotatable bonds is 5. The van der Waals surface area contributed by atoms with Gasteiger partial charge in [-0.05, 0) is 36.2 Å². The summed E-state index contributed by atoms with van der Waals surface area (Å²) in [7, 11) is 0. The van der Waals surface area contributed by atoms with Crippen molar-refractivity contribution in [3.05, 3.63) is 83.4 Å². The van der Waals surface area contributed by atoms with E-state index in [-0.39, 0.29) is 5.82 Å². The zero-order chi connectivity index (χ0) is 18.6. The lowest BCUT2D eigenvalue weighted by Crippen LogP contribution is -2.32. The zero-order valence-electron chi connectivity index (χ0n) is 14.8. The van der Waals surface area contributed by atoms with Crippen molar-refractivity contribution >= 4 is 5.91 Å². The molecule has 3 aromatic rings. The Morgan fingerprint density at radius 3 is 2.78 bits per heavy atom. The maximum Gasteiger partial charge on any atom is 0.286 e. The molecule has 0 spiro atoms. The third-order valence-electron chi connectivity index (χ3n) is 4.44. The molecule has 4 rings (SSSR count). The summed E-state index contributed by atoms with van der Waals surface area (Å²) in [5, 5.41) is 0. The van der Waals surface area contributed by atoms with Crippen LogP contribution in [0.15, 0.2) is 54.6 Å². The molecule has 0 bridgehead atoms. The predicted octanol–water partition coefficient (Wildman–Crippen LogP) is 2.73. The Balaban J connectivity index is 1.46. The number of fused-ring (bicyclic) bond motifs is 1. The van der Waals surface area contributed by atoms with E-state index >= 15 is 0 Å². The summed E-state index contributed by atoms with van der Waals surface area (Å²) in [5.41, 5.74) is 8.20. The number of carbonyl (C=O) groups excluding carboxylic acids is 1. The van der Waals surface area contributed by atoms with Gasteiger partial charge in [-0.2, -0.15) is 0 Å². The number of aromatic nitrogens is 2. The van der Waals surface area contributed by atoms with Gasteiger partial charge in [-0.3, -0.25) is 9.69 Å². The van der Waals surface area contributed by atoms with E-state index in [2.05, 4.69) is 27.1 Å². The minimum atomic E-state index is -0.628. The lowest BCUT2D eigenvalue weighted by Gasteiger charge is -2.27. The number of para-hydroxylation sites is 1. The zero-order valence-corrected chi connectivity index (χ0v) is 14.8. The largest absolute Gasteiger partial charge is 0.457 e. The van der Waals surface area contributed by atoms with Gasteiger partial charge in [0.1, 0.15) is 11.5 Å². The Kier molecular flexibility index (Phi) is 4.80. The van der Waals surface area contributed by atoms with Crippen molar-refractivity contribution in [2.24, 2.45) is 5.73 Å². The highest BCUT2D eigenvalue weighted by Gasteiger charge is 2.20. The Bertz CT molecular complexity index is 959. The van der Waals surface area contributed by atoms with Gasteiger partial charge in [0, 0.05) is 25.2 Å². The van der Waals surface area contributed by atoms with Crippen LogP contribution in [0.2, 0.25) is 0 Å². The second-order valence-corrected chi connectivity index (χ2v) is 6.47. The average molecular weight is 359 g/mol. The quantitative estimate of drug-likeness (QED) is 0.757. The van der Waals surface area contributed by atoms with E-state index in [1.165, 1.54) is 0 Å². The van der Waals surface area contributed by atoms with Crippen molar-refractivity contribution < 1.29 is 9.53 Å². The van der Waals surface area contributed by atoms with Crippen molar-refractivity contribution in [2.75, 3.05) is 6.54 Å². The average Bonchev–Trinajstić information content (AvgIpc) is 2.68. The number of carbonyl (C=O) groups is 1. The molecule has 2 heterocycles. The molecule has 1 aromatic heterocycles. The van der Waals surface area contributed by atoms with Gasteiger partial charge < -0.3 is 10.5 Å². The van der Waals surface area contributed by atoms with Crippen LogP contribution in [-0.4, -0.2) is 27.3 Å². The number of hydrogen-bond acceptors (Lipinski definition) is 5. The molecule has 0 atom stereocenters. The molecule has 6 nitrogen and oxygen atoms in total. The van der Waals surface area contributed by atoms with Gasteiger partial charge in [-0.1, -0.05) is 30.3 Å². The Labute approximate surface area is 157 Å². The molecule has 27 heavy (non-hydrogen) atoms. The first-order chi connectivity index (χ1) is 13.2. The molecule has 0 fully saturated rings. The van der Waals surface area contributed by atoms with Crippen LogP contribution in [0.1, 0.15) is 27.4 Å². The van der Waals surface area contributed by atoms with Crippen LogP contribution in [0.4, 0.5) is 0 Å². The lowest BCUT2D eigenvalue weighted by atomic mass is 10.1. The number of primary amides is 1. The molecule has 0 saturated carbocycles. The van der Waals surface area contributed by atoms with Gasteiger partial charge in [-0.25, -0.2) is 9.97 Å². The second kappa shape index (κ2) is 7.55. The maximum atomic E-state index is 11.3. The molecule has 2 N–H and O–H groups in total. The van der Waals surface area contributed by atoms with E-state index in [0.29, 0.717) is 6.54 Å². The minimum absolute atomic E-state index is 0.0221. The predicted molar refractivity (Wildman–Crippen MR) is 100 cm³/mol. The first-order valence-corrected chi connectivity index (χ1v) is 8.79. The summed E-state index contributed by atoms with van der Waals surface area (Å²) in [6.07, 6.45) is 3.70. The molecule has 1 aliphatic heterocycles. The van der Waals surface area contributed by atoms with Gasteiger partial charge in [0.15, 0.2) is 0 Å². The molecule has 1 radical (unpaired) electrons. The monoisotopic (exact) mass is 359 g/mol. The van der Waals surface area contributed by atoms with Crippen molar-refractivity contribution in [2.45, 2.75) is 19.5 Å². The van der Waals surface area contributed by atoms with Crippen molar-refractivity contribution in [1.29, 1.82) is 0 Å². The Morgan fingerprint density at radius 1 is 1.15 bits per heavy atom. The van der Waals surface area contributed by atoms with Gasteiger partial charge >= 0.3 is 0 Å². The van der Waals surface area contributed by atoms with Crippen LogP contribution in [0, 0.1) is 6.20 Å². The van der Waals surface area contributed by atoms with E-state index < -0.39 is 5.91 Å². The van der Waals surface area contributed by atoms with Gasteiger partial charge in [-0.15, -0.1) is 0 Å². The molecule has 0 aliphatic carbocycles. The number of nitrogens with zero attached hydrogens (tertiary/aromatic N) is 3. The third-order valence-corrected chi connectivity index (χ3v) is 4.44. The van der Waals surface area contributed by atoms with E-state index in [9.17, 15) is 4.79 Å². The SMILES string of the molecule is NC(=O)c1n[c]c2c(n1)CN(Cc1cccc(Oc3ccccc3)c1)CC2.